The number of pyridine rings is 1. The standard InChI is InChI=1S/C18H13IN2O3/c19-13-6-8-14(9-7-13)20-17(22)11-24-18(23)16-10-5-12-3-1-2-4-15(12)21-16/h1-10H,11H2,(H,20,22). The lowest BCUT2D eigenvalue weighted by Gasteiger charge is -2.07. The second kappa shape index (κ2) is 7.39. The number of amides is 1. The molecule has 1 amide bonds. The lowest BCUT2D eigenvalue weighted by Crippen LogP contribution is -2.21. The molecule has 1 aromatic heterocycles. The van der Waals surface area contributed by atoms with Crippen molar-refractivity contribution in [1.82, 2.24) is 4.98 Å². The Labute approximate surface area is 152 Å². The van der Waals surface area contributed by atoms with Crippen LogP contribution < -0.4 is 5.32 Å². The maximum atomic E-state index is 12.0. The van der Waals surface area contributed by atoms with Crippen LogP contribution in [0.1, 0.15) is 10.5 Å². The lowest BCUT2D eigenvalue weighted by atomic mass is 10.2. The van der Waals surface area contributed by atoms with Crippen LogP contribution in [0.4, 0.5) is 5.69 Å². The predicted octanol–water partition coefficient (Wildman–Crippen LogP) is 3.63. The van der Waals surface area contributed by atoms with Crippen LogP contribution in [0.3, 0.4) is 0 Å². The van der Waals surface area contributed by atoms with Crippen molar-refractivity contribution in [1.29, 1.82) is 0 Å². The number of para-hydroxylation sites is 1. The van der Waals surface area contributed by atoms with Crippen molar-refractivity contribution in [2.24, 2.45) is 0 Å². The number of carbonyl (C=O) groups is 2. The fraction of sp³-hybridized carbons (Fsp3) is 0.0556. The number of hydrogen-bond acceptors (Lipinski definition) is 4. The van der Waals surface area contributed by atoms with Gasteiger partial charge in [-0.2, -0.15) is 0 Å². The van der Waals surface area contributed by atoms with Crippen molar-refractivity contribution < 1.29 is 14.3 Å². The van der Waals surface area contributed by atoms with E-state index in [1.807, 2.05) is 36.4 Å². The number of ether oxygens (including phenoxy) is 1. The molecule has 24 heavy (non-hydrogen) atoms. The normalized spacial score (nSPS) is 10.4. The minimum absolute atomic E-state index is 0.177. The van der Waals surface area contributed by atoms with Crippen LogP contribution in [0.15, 0.2) is 60.7 Å². The first-order chi connectivity index (χ1) is 11.6. The highest BCUT2D eigenvalue weighted by atomic mass is 127. The van der Waals surface area contributed by atoms with Gasteiger partial charge in [0.15, 0.2) is 6.61 Å². The molecule has 0 saturated carbocycles. The van der Waals surface area contributed by atoms with Crippen LogP contribution >= 0.6 is 22.6 Å². The zero-order valence-corrected chi connectivity index (χ0v) is 14.7. The summed E-state index contributed by atoms with van der Waals surface area (Å²) in [6.07, 6.45) is 0. The minimum atomic E-state index is -0.626. The van der Waals surface area contributed by atoms with Crippen LogP contribution in [0, 0.1) is 3.57 Å². The van der Waals surface area contributed by atoms with Gasteiger partial charge in [0.1, 0.15) is 5.69 Å². The number of nitrogens with zero attached hydrogens (tertiary/aromatic N) is 1. The molecule has 120 valence electrons. The van der Waals surface area contributed by atoms with Crippen molar-refractivity contribution in [3.8, 4) is 0 Å². The second-order valence-corrected chi connectivity index (χ2v) is 6.27. The van der Waals surface area contributed by atoms with Gasteiger partial charge >= 0.3 is 5.97 Å². The molecule has 0 unspecified atom stereocenters. The van der Waals surface area contributed by atoms with Crippen molar-refractivity contribution in [3.63, 3.8) is 0 Å². The van der Waals surface area contributed by atoms with Crippen LogP contribution in [-0.4, -0.2) is 23.5 Å². The molecule has 0 atom stereocenters. The average molecular weight is 432 g/mol. The van der Waals surface area contributed by atoms with Gasteiger partial charge in [-0.15, -0.1) is 0 Å². The van der Waals surface area contributed by atoms with Gasteiger partial charge in [0.05, 0.1) is 5.52 Å². The molecular weight excluding hydrogens is 419 g/mol. The third-order valence-electron chi connectivity index (χ3n) is 3.27. The second-order valence-electron chi connectivity index (χ2n) is 5.02. The van der Waals surface area contributed by atoms with E-state index in [9.17, 15) is 9.59 Å². The molecule has 6 heteroatoms. The summed E-state index contributed by atoms with van der Waals surface area (Å²) in [5.41, 5.74) is 1.53. The van der Waals surface area contributed by atoms with Crippen molar-refractivity contribution >= 4 is 51.1 Å². The molecule has 0 aliphatic rings. The Morgan fingerprint density at radius 2 is 1.75 bits per heavy atom. The van der Waals surface area contributed by atoms with E-state index in [2.05, 4.69) is 32.9 Å². The first kappa shape index (κ1) is 16.4. The molecule has 0 radical (unpaired) electrons. The number of esters is 1. The van der Waals surface area contributed by atoms with Crippen molar-refractivity contribution in [3.05, 3.63) is 69.9 Å². The van der Waals surface area contributed by atoms with E-state index in [4.69, 9.17) is 4.74 Å². The van der Waals surface area contributed by atoms with Crippen LogP contribution in [0.25, 0.3) is 10.9 Å². The number of nitrogens with one attached hydrogen (secondary N) is 1. The largest absolute Gasteiger partial charge is 0.451 e. The quantitative estimate of drug-likeness (QED) is 0.505. The average Bonchev–Trinajstić information content (AvgIpc) is 2.61. The van der Waals surface area contributed by atoms with E-state index in [-0.39, 0.29) is 12.3 Å². The number of fused-ring (bicyclic) bond motifs is 1. The maximum Gasteiger partial charge on any atom is 0.357 e. The van der Waals surface area contributed by atoms with E-state index >= 15 is 0 Å². The summed E-state index contributed by atoms with van der Waals surface area (Å²) in [5.74, 6) is -1.02. The van der Waals surface area contributed by atoms with Gasteiger partial charge in [0, 0.05) is 14.6 Å². The molecule has 3 rings (SSSR count). The van der Waals surface area contributed by atoms with Gasteiger partial charge in [-0.25, -0.2) is 9.78 Å². The Morgan fingerprint density at radius 1 is 1.00 bits per heavy atom. The molecule has 0 aliphatic heterocycles. The molecule has 5 nitrogen and oxygen atoms in total. The summed E-state index contributed by atoms with van der Waals surface area (Å²) in [4.78, 5) is 28.1. The summed E-state index contributed by atoms with van der Waals surface area (Å²) in [6, 6.07) is 18.2. The Bertz CT molecular complexity index is 894. The molecule has 0 bridgehead atoms. The van der Waals surface area contributed by atoms with Crippen molar-refractivity contribution in [2.75, 3.05) is 11.9 Å². The number of rotatable bonds is 4. The number of aromatic nitrogens is 1. The Balaban J connectivity index is 1.59. The summed E-state index contributed by atoms with van der Waals surface area (Å²) < 4.78 is 6.09. The Morgan fingerprint density at radius 3 is 2.54 bits per heavy atom. The SMILES string of the molecule is O=C(COC(=O)c1ccc2ccccc2n1)Nc1ccc(I)cc1. The molecule has 0 fully saturated rings. The monoisotopic (exact) mass is 432 g/mol. The molecule has 2 aromatic carbocycles. The van der Waals surface area contributed by atoms with E-state index in [0.717, 1.165) is 8.96 Å². The third-order valence-corrected chi connectivity index (χ3v) is 3.99. The predicted molar refractivity (Wildman–Crippen MR) is 99.8 cm³/mol. The van der Waals surface area contributed by atoms with E-state index in [1.54, 1.807) is 24.3 Å². The Kier molecular flexibility index (Phi) is 5.05. The molecule has 3 aromatic rings. The highest BCUT2D eigenvalue weighted by Crippen LogP contribution is 2.13. The molecule has 1 heterocycles. The van der Waals surface area contributed by atoms with Gasteiger partial charge in [-0.3, -0.25) is 4.79 Å². The molecular formula is C18H13IN2O3. The van der Waals surface area contributed by atoms with Crippen LogP contribution in [0.5, 0.6) is 0 Å². The topological polar surface area (TPSA) is 68.3 Å². The summed E-state index contributed by atoms with van der Waals surface area (Å²) in [7, 11) is 0. The molecule has 0 spiro atoms. The molecule has 1 N–H and O–H groups in total. The van der Waals surface area contributed by atoms with Gasteiger partial charge in [-0.05, 0) is 59.0 Å². The zero-order valence-electron chi connectivity index (χ0n) is 12.5. The summed E-state index contributed by atoms with van der Waals surface area (Å²) in [5, 5.41) is 3.60. The van der Waals surface area contributed by atoms with E-state index in [1.165, 1.54) is 0 Å². The Hall–Kier alpha value is -2.48. The number of carbonyl (C=O) groups excluding carboxylic acids is 2. The number of halogens is 1. The highest BCUT2D eigenvalue weighted by Gasteiger charge is 2.12. The fourth-order valence-corrected chi connectivity index (χ4v) is 2.47. The summed E-state index contributed by atoms with van der Waals surface area (Å²) >= 11 is 2.18. The minimum Gasteiger partial charge on any atom is -0.451 e. The maximum absolute atomic E-state index is 12.0. The van der Waals surface area contributed by atoms with Crippen LogP contribution in [-0.2, 0) is 9.53 Å². The van der Waals surface area contributed by atoms with E-state index in [0.29, 0.717) is 11.2 Å². The highest BCUT2D eigenvalue weighted by molar-refractivity contribution is 14.1. The number of anilines is 1. The van der Waals surface area contributed by atoms with Gasteiger partial charge < -0.3 is 10.1 Å². The number of benzene rings is 2. The molecule has 0 saturated heterocycles. The molecule has 0 aliphatic carbocycles. The number of hydrogen-bond donors (Lipinski definition) is 1. The van der Waals surface area contributed by atoms with Gasteiger partial charge in [0.2, 0.25) is 0 Å². The van der Waals surface area contributed by atoms with Crippen LogP contribution in [0.2, 0.25) is 0 Å². The summed E-state index contributed by atoms with van der Waals surface area (Å²) in [6.45, 7) is -0.362. The first-order valence-electron chi connectivity index (χ1n) is 7.20. The zero-order chi connectivity index (χ0) is 16.9. The lowest BCUT2D eigenvalue weighted by molar-refractivity contribution is -0.119. The van der Waals surface area contributed by atoms with E-state index < -0.39 is 11.9 Å². The third kappa shape index (κ3) is 4.08. The van der Waals surface area contributed by atoms with Crippen molar-refractivity contribution in [2.45, 2.75) is 0 Å². The first-order valence-corrected chi connectivity index (χ1v) is 8.28. The smallest absolute Gasteiger partial charge is 0.357 e. The van der Waals surface area contributed by atoms with Gasteiger partial charge in [0.25, 0.3) is 5.91 Å². The fourth-order valence-electron chi connectivity index (χ4n) is 2.12. The van der Waals surface area contributed by atoms with Gasteiger partial charge in [-0.1, -0.05) is 24.3 Å².